The van der Waals surface area contributed by atoms with E-state index in [0.29, 0.717) is 12.0 Å². The Morgan fingerprint density at radius 2 is 1.55 bits per heavy atom. The molecular weight excluding hydrogens is 356 g/mol. The summed E-state index contributed by atoms with van der Waals surface area (Å²) in [6.07, 6.45) is 2.47. The molecule has 1 amide bonds. The van der Waals surface area contributed by atoms with Gasteiger partial charge in [-0.3, -0.25) is 9.69 Å². The number of likely N-dealkylation sites (tertiary alicyclic amines) is 1. The van der Waals surface area contributed by atoms with E-state index in [2.05, 4.69) is 49.1 Å². The third-order valence-corrected chi connectivity index (χ3v) is 6.71. The maximum Gasteiger partial charge on any atom is 0.258 e. The second kappa shape index (κ2) is 7.00. The van der Waals surface area contributed by atoms with Crippen LogP contribution in [-0.4, -0.2) is 23.9 Å². The number of hydrogen-bond donors (Lipinski definition) is 0. The molecule has 0 bridgehead atoms. The Hall–Kier alpha value is -2.65. The molecule has 0 spiro atoms. The second-order valence-corrected chi connectivity index (χ2v) is 9.27. The number of hydrogen-bond acceptors (Lipinski definition) is 2. The van der Waals surface area contributed by atoms with Crippen molar-refractivity contribution < 1.29 is 4.79 Å². The van der Waals surface area contributed by atoms with Gasteiger partial charge in [0.2, 0.25) is 0 Å². The number of anilines is 1. The fourth-order valence-electron chi connectivity index (χ4n) is 4.75. The molecule has 29 heavy (non-hydrogen) atoms. The molecule has 5 rings (SSSR count). The van der Waals surface area contributed by atoms with Crippen molar-refractivity contribution in [3.05, 3.63) is 77.4 Å². The Kier molecular flexibility index (Phi) is 4.44. The Labute approximate surface area is 172 Å². The van der Waals surface area contributed by atoms with Gasteiger partial charge in [0.15, 0.2) is 0 Å². The molecule has 0 atom stereocenters. The van der Waals surface area contributed by atoms with Gasteiger partial charge in [-0.2, -0.15) is 0 Å². The Morgan fingerprint density at radius 3 is 2.28 bits per heavy atom. The number of nitrogens with zero attached hydrogens (tertiary/aromatic N) is 2. The van der Waals surface area contributed by atoms with Crippen LogP contribution in [0.15, 0.2) is 60.7 Å². The van der Waals surface area contributed by atoms with Crippen molar-refractivity contribution >= 4 is 22.4 Å². The molecule has 1 fully saturated rings. The second-order valence-electron chi connectivity index (χ2n) is 9.27. The lowest BCUT2D eigenvalue weighted by atomic mass is 9.82. The first-order valence-corrected chi connectivity index (χ1v) is 10.6. The fourth-order valence-corrected chi connectivity index (χ4v) is 4.75. The summed E-state index contributed by atoms with van der Waals surface area (Å²) < 4.78 is 0. The number of amides is 1. The van der Waals surface area contributed by atoms with Crippen LogP contribution in [0.4, 0.5) is 5.69 Å². The monoisotopic (exact) mass is 384 g/mol. The Morgan fingerprint density at radius 1 is 0.897 bits per heavy atom. The summed E-state index contributed by atoms with van der Waals surface area (Å²) in [6.45, 7) is 8.56. The molecule has 2 aliphatic rings. The molecular formula is C26H28N2O. The first-order valence-electron chi connectivity index (χ1n) is 10.6. The third kappa shape index (κ3) is 3.34. The highest BCUT2D eigenvalue weighted by Gasteiger charge is 2.31. The number of rotatable bonds is 3. The van der Waals surface area contributed by atoms with Gasteiger partial charge >= 0.3 is 0 Å². The zero-order valence-corrected chi connectivity index (χ0v) is 17.3. The number of para-hydroxylation sites is 1. The maximum absolute atomic E-state index is 13.3. The predicted molar refractivity (Wildman–Crippen MR) is 119 cm³/mol. The number of carbonyl (C=O) groups is 1. The van der Waals surface area contributed by atoms with Gasteiger partial charge in [-0.1, -0.05) is 56.3 Å². The van der Waals surface area contributed by atoms with Crippen molar-refractivity contribution in [3.8, 4) is 0 Å². The highest BCUT2D eigenvalue weighted by atomic mass is 16.2. The quantitative estimate of drug-likeness (QED) is 0.585. The third-order valence-electron chi connectivity index (χ3n) is 6.71. The van der Waals surface area contributed by atoms with E-state index in [1.54, 1.807) is 0 Å². The molecule has 3 aromatic rings. The van der Waals surface area contributed by atoms with Crippen molar-refractivity contribution in [1.29, 1.82) is 0 Å². The average molecular weight is 385 g/mol. The topological polar surface area (TPSA) is 23.6 Å². The van der Waals surface area contributed by atoms with Gasteiger partial charge in [0, 0.05) is 17.8 Å². The molecule has 148 valence electrons. The normalized spacial score (nSPS) is 19.0. The van der Waals surface area contributed by atoms with Gasteiger partial charge in [0.05, 0.1) is 6.54 Å². The molecule has 0 aromatic heterocycles. The van der Waals surface area contributed by atoms with E-state index in [4.69, 9.17) is 0 Å². The Bertz CT molecular complexity index is 1060. The van der Waals surface area contributed by atoms with Crippen LogP contribution in [0.2, 0.25) is 0 Å². The molecule has 0 N–H and O–H groups in total. The van der Waals surface area contributed by atoms with Crippen LogP contribution in [0, 0.1) is 5.41 Å². The van der Waals surface area contributed by atoms with Crippen LogP contribution in [0.3, 0.4) is 0 Å². The fraction of sp³-hybridized carbons (Fsp3) is 0.346. The van der Waals surface area contributed by atoms with Crippen molar-refractivity contribution in [2.75, 3.05) is 18.0 Å². The van der Waals surface area contributed by atoms with E-state index in [0.717, 1.165) is 36.4 Å². The van der Waals surface area contributed by atoms with Crippen molar-refractivity contribution in [2.45, 2.75) is 39.8 Å². The van der Waals surface area contributed by atoms with Gasteiger partial charge < -0.3 is 4.90 Å². The summed E-state index contributed by atoms with van der Waals surface area (Å²) in [5.41, 5.74) is 4.74. The van der Waals surface area contributed by atoms with E-state index in [9.17, 15) is 4.79 Å². The van der Waals surface area contributed by atoms with Crippen LogP contribution in [0.25, 0.3) is 10.8 Å². The smallest absolute Gasteiger partial charge is 0.258 e. The van der Waals surface area contributed by atoms with E-state index >= 15 is 0 Å². The highest BCUT2D eigenvalue weighted by Crippen LogP contribution is 2.36. The minimum Gasteiger partial charge on any atom is -0.304 e. The molecule has 1 saturated heterocycles. The zero-order chi connectivity index (χ0) is 20.0. The molecule has 3 nitrogen and oxygen atoms in total. The lowest BCUT2D eigenvalue weighted by molar-refractivity contribution is 0.0996. The molecule has 0 radical (unpaired) electrons. The predicted octanol–water partition coefficient (Wildman–Crippen LogP) is 5.62. The largest absolute Gasteiger partial charge is 0.304 e. The average Bonchev–Trinajstić information content (AvgIpc) is 3.07. The first-order chi connectivity index (χ1) is 14.0. The number of benzene rings is 3. The highest BCUT2D eigenvalue weighted by molar-refractivity contribution is 6.13. The van der Waals surface area contributed by atoms with Gasteiger partial charge in [-0.05, 0) is 71.4 Å². The maximum atomic E-state index is 13.3. The molecule has 3 heteroatoms. The summed E-state index contributed by atoms with van der Waals surface area (Å²) >= 11 is 0. The van der Waals surface area contributed by atoms with Gasteiger partial charge in [0.25, 0.3) is 5.91 Å². The summed E-state index contributed by atoms with van der Waals surface area (Å²) in [6, 6.07) is 20.8. The standard InChI is InChI=1S/C26H28N2O/c1-26(2)12-14-27(15-13-26)17-19-16-23-24(22-11-7-6-10-21(19)22)18-28(25(23)29)20-8-4-3-5-9-20/h3-11,16H,12-15,17-18H2,1-2H3. The van der Waals surface area contributed by atoms with Crippen molar-refractivity contribution in [2.24, 2.45) is 5.41 Å². The van der Waals surface area contributed by atoms with Gasteiger partial charge in [-0.15, -0.1) is 0 Å². The van der Waals surface area contributed by atoms with E-state index in [1.165, 1.54) is 29.2 Å². The van der Waals surface area contributed by atoms with Crippen LogP contribution in [-0.2, 0) is 13.1 Å². The number of fused-ring (bicyclic) bond motifs is 3. The van der Waals surface area contributed by atoms with Gasteiger partial charge in [-0.25, -0.2) is 0 Å². The van der Waals surface area contributed by atoms with Crippen LogP contribution < -0.4 is 4.90 Å². The summed E-state index contributed by atoms with van der Waals surface area (Å²) in [5, 5.41) is 2.52. The van der Waals surface area contributed by atoms with E-state index in [1.807, 2.05) is 35.2 Å². The van der Waals surface area contributed by atoms with Crippen molar-refractivity contribution in [1.82, 2.24) is 4.90 Å². The van der Waals surface area contributed by atoms with Gasteiger partial charge in [0.1, 0.15) is 0 Å². The zero-order valence-electron chi connectivity index (χ0n) is 17.3. The van der Waals surface area contributed by atoms with E-state index in [-0.39, 0.29) is 5.91 Å². The van der Waals surface area contributed by atoms with E-state index < -0.39 is 0 Å². The lowest BCUT2D eigenvalue weighted by Gasteiger charge is -2.37. The minimum absolute atomic E-state index is 0.123. The SMILES string of the molecule is CC1(C)CCN(Cc2cc3c(c4ccccc24)CN(c2ccccc2)C3=O)CC1. The minimum atomic E-state index is 0.123. The molecule has 2 heterocycles. The Balaban J connectivity index is 1.52. The summed E-state index contributed by atoms with van der Waals surface area (Å²) in [7, 11) is 0. The molecule has 0 unspecified atom stereocenters. The van der Waals surface area contributed by atoms with Crippen LogP contribution in [0.1, 0.15) is 48.2 Å². The molecule has 3 aromatic carbocycles. The lowest BCUT2D eigenvalue weighted by Crippen LogP contribution is -2.36. The van der Waals surface area contributed by atoms with Crippen molar-refractivity contribution in [3.63, 3.8) is 0 Å². The van der Waals surface area contributed by atoms with Crippen LogP contribution >= 0.6 is 0 Å². The number of piperidine rings is 1. The number of carbonyl (C=O) groups excluding carboxylic acids is 1. The molecule has 0 saturated carbocycles. The van der Waals surface area contributed by atoms with Crippen LogP contribution in [0.5, 0.6) is 0 Å². The summed E-state index contributed by atoms with van der Waals surface area (Å²) in [4.78, 5) is 17.7. The molecule has 2 aliphatic heterocycles. The molecule has 0 aliphatic carbocycles. The first kappa shape index (κ1) is 18.4. The summed E-state index contributed by atoms with van der Waals surface area (Å²) in [5.74, 6) is 0.123.